The number of hydrogen-bond donors (Lipinski definition) is 3. The molecule has 0 aromatic carbocycles. The summed E-state index contributed by atoms with van der Waals surface area (Å²) >= 11 is 0. The molecule has 3 heterocycles. The van der Waals surface area contributed by atoms with Crippen LogP contribution in [0.25, 0.3) is 11.2 Å². The molecule has 1 aliphatic heterocycles. The smallest absolute Gasteiger partial charge is 0.369 e. The van der Waals surface area contributed by atoms with Crippen LogP contribution in [0.4, 0.5) is 5.95 Å². The normalized spacial score (nSPS) is 28.0. The minimum absolute atomic E-state index is 0.00383. The molecule has 0 bridgehead atoms. The maximum atomic E-state index is 12.3. The van der Waals surface area contributed by atoms with Crippen LogP contribution >= 0.6 is 7.82 Å². The van der Waals surface area contributed by atoms with Crippen LogP contribution in [0, 0.1) is 5.92 Å². The number of aromatic nitrogens is 4. The van der Waals surface area contributed by atoms with Crippen molar-refractivity contribution in [3.63, 3.8) is 0 Å². The summed E-state index contributed by atoms with van der Waals surface area (Å²) < 4.78 is 30.4. The lowest BCUT2D eigenvalue weighted by Gasteiger charge is -2.24. The van der Waals surface area contributed by atoms with E-state index in [0.717, 1.165) is 32.1 Å². The molecule has 4 unspecified atom stereocenters. The van der Waals surface area contributed by atoms with E-state index >= 15 is 0 Å². The third kappa shape index (κ3) is 4.54. The quantitative estimate of drug-likeness (QED) is 0.588. The Balaban J connectivity index is 1.40. The highest BCUT2D eigenvalue weighted by Gasteiger charge is 2.37. The number of hydrogen-bond acceptors (Lipinski definition) is 8. The van der Waals surface area contributed by atoms with Crippen LogP contribution in [-0.2, 0) is 18.3 Å². The molecule has 1 aliphatic carbocycles. The Morgan fingerprint density at radius 3 is 2.93 bits per heavy atom. The Labute approximate surface area is 167 Å². The van der Waals surface area contributed by atoms with E-state index in [2.05, 4.69) is 15.0 Å². The Morgan fingerprint density at radius 1 is 1.41 bits per heavy atom. The molecule has 0 amide bonds. The first-order chi connectivity index (χ1) is 13.8. The standard InChI is InChI=1S/C17H26N5O6P/c1-10-7-12(8-26-29(24,25)28-11-5-3-2-4-6-11)27-16(10)22-9-19-13-14(22)20-17(18)21-15(13)23/h9-12,16H,2-8H2,1H3,(H,24,25)(H3,18,20,21,23). The van der Waals surface area contributed by atoms with Gasteiger partial charge >= 0.3 is 7.82 Å². The molecule has 11 nitrogen and oxygen atoms in total. The second-order valence-corrected chi connectivity index (χ2v) is 9.17. The van der Waals surface area contributed by atoms with E-state index in [0.29, 0.717) is 12.1 Å². The molecule has 2 fully saturated rings. The van der Waals surface area contributed by atoms with Crippen molar-refractivity contribution >= 4 is 24.9 Å². The van der Waals surface area contributed by atoms with Crippen LogP contribution in [0.5, 0.6) is 0 Å². The number of ether oxygens (including phenoxy) is 1. The number of imidazole rings is 1. The minimum Gasteiger partial charge on any atom is -0.369 e. The van der Waals surface area contributed by atoms with Crippen LogP contribution in [0.2, 0.25) is 0 Å². The van der Waals surface area contributed by atoms with E-state index in [4.69, 9.17) is 19.5 Å². The van der Waals surface area contributed by atoms with Crippen molar-refractivity contribution in [2.45, 2.75) is 63.9 Å². The highest BCUT2D eigenvalue weighted by Crippen LogP contribution is 2.48. The number of aromatic amines is 1. The van der Waals surface area contributed by atoms with Crippen LogP contribution in [-0.4, -0.2) is 43.2 Å². The number of phosphoric acid groups is 1. The van der Waals surface area contributed by atoms with E-state index in [1.165, 1.54) is 6.33 Å². The van der Waals surface area contributed by atoms with Crippen LogP contribution in [0.15, 0.2) is 11.1 Å². The van der Waals surface area contributed by atoms with Gasteiger partial charge in [0.2, 0.25) is 5.95 Å². The van der Waals surface area contributed by atoms with Gasteiger partial charge in [0.1, 0.15) is 6.23 Å². The molecule has 1 saturated heterocycles. The van der Waals surface area contributed by atoms with Crippen molar-refractivity contribution in [2.24, 2.45) is 5.92 Å². The monoisotopic (exact) mass is 427 g/mol. The van der Waals surface area contributed by atoms with Gasteiger partial charge in [-0.25, -0.2) is 9.55 Å². The minimum atomic E-state index is -4.14. The van der Waals surface area contributed by atoms with Crippen molar-refractivity contribution in [1.29, 1.82) is 0 Å². The number of nitrogen functional groups attached to an aromatic ring is 1. The fraction of sp³-hybridized carbons (Fsp3) is 0.706. The topological polar surface area (TPSA) is 155 Å². The third-order valence-corrected chi connectivity index (χ3v) is 6.48. The second kappa shape index (κ2) is 8.16. The highest BCUT2D eigenvalue weighted by atomic mass is 31.2. The van der Waals surface area contributed by atoms with Gasteiger partial charge < -0.3 is 15.4 Å². The SMILES string of the molecule is CC1CC(COP(=O)(O)OC2CCCCC2)OC1n1cnc2c(=O)[nH]c(N)nc21. The van der Waals surface area contributed by atoms with Crippen LogP contribution < -0.4 is 11.3 Å². The summed E-state index contributed by atoms with van der Waals surface area (Å²) in [5, 5.41) is 0. The number of nitrogens with zero attached hydrogens (tertiary/aromatic N) is 3. The maximum Gasteiger partial charge on any atom is 0.472 e. The van der Waals surface area contributed by atoms with Crippen molar-refractivity contribution in [3.8, 4) is 0 Å². The number of phosphoric ester groups is 1. The van der Waals surface area contributed by atoms with Gasteiger partial charge in [-0.3, -0.25) is 23.4 Å². The van der Waals surface area contributed by atoms with Crippen LogP contribution in [0.3, 0.4) is 0 Å². The molecule has 2 aliphatic rings. The molecule has 2 aromatic heterocycles. The highest BCUT2D eigenvalue weighted by molar-refractivity contribution is 7.47. The molecular formula is C17H26N5O6P. The molecule has 12 heteroatoms. The summed E-state index contributed by atoms with van der Waals surface area (Å²) in [5.41, 5.74) is 5.73. The van der Waals surface area contributed by atoms with E-state index < -0.39 is 25.7 Å². The first-order valence-electron chi connectivity index (χ1n) is 9.86. The molecule has 160 valence electrons. The molecular weight excluding hydrogens is 401 g/mol. The summed E-state index contributed by atoms with van der Waals surface area (Å²) in [6.07, 6.45) is 5.68. The predicted octanol–water partition coefficient (Wildman–Crippen LogP) is 2.09. The van der Waals surface area contributed by atoms with Gasteiger partial charge in [-0.15, -0.1) is 0 Å². The molecule has 4 rings (SSSR count). The van der Waals surface area contributed by atoms with Gasteiger partial charge in [-0.1, -0.05) is 26.2 Å². The predicted molar refractivity (Wildman–Crippen MR) is 104 cm³/mol. The van der Waals surface area contributed by atoms with Gasteiger partial charge in [0, 0.05) is 5.92 Å². The van der Waals surface area contributed by atoms with Gasteiger partial charge in [0.25, 0.3) is 5.56 Å². The summed E-state index contributed by atoms with van der Waals surface area (Å²) in [7, 11) is -4.14. The molecule has 1 saturated carbocycles. The summed E-state index contributed by atoms with van der Waals surface area (Å²) in [6.45, 7) is 1.91. The lowest BCUT2D eigenvalue weighted by molar-refractivity contribution is -0.0328. The van der Waals surface area contributed by atoms with Gasteiger partial charge in [0.05, 0.1) is 25.1 Å². The molecule has 29 heavy (non-hydrogen) atoms. The van der Waals surface area contributed by atoms with Crippen molar-refractivity contribution in [3.05, 3.63) is 16.7 Å². The zero-order valence-electron chi connectivity index (χ0n) is 16.2. The van der Waals surface area contributed by atoms with Crippen molar-refractivity contribution in [1.82, 2.24) is 19.5 Å². The summed E-state index contributed by atoms with van der Waals surface area (Å²) in [5.74, 6) is 0.0384. The maximum absolute atomic E-state index is 12.3. The lowest BCUT2D eigenvalue weighted by atomic mass is 9.98. The van der Waals surface area contributed by atoms with E-state index in [1.807, 2.05) is 6.92 Å². The molecule has 4 atom stereocenters. The zero-order chi connectivity index (χ0) is 20.6. The number of H-pyrrole nitrogens is 1. The number of nitrogens with two attached hydrogens (primary N) is 1. The van der Waals surface area contributed by atoms with Crippen molar-refractivity contribution in [2.75, 3.05) is 12.3 Å². The summed E-state index contributed by atoms with van der Waals surface area (Å²) in [6, 6.07) is 0. The van der Waals surface area contributed by atoms with E-state index in [9.17, 15) is 14.3 Å². The number of anilines is 1. The van der Waals surface area contributed by atoms with E-state index in [1.54, 1.807) is 4.57 Å². The zero-order valence-corrected chi connectivity index (χ0v) is 17.1. The first-order valence-corrected chi connectivity index (χ1v) is 11.4. The van der Waals surface area contributed by atoms with Gasteiger partial charge in [0.15, 0.2) is 11.2 Å². The van der Waals surface area contributed by atoms with E-state index in [-0.39, 0.29) is 30.1 Å². The average molecular weight is 427 g/mol. The van der Waals surface area contributed by atoms with Crippen molar-refractivity contribution < 1.29 is 23.2 Å². The molecule has 0 spiro atoms. The largest absolute Gasteiger partial charge is 0.472 e. The first kappa shape index (κ1) is 20.5. The second-order valence-electron chi connectivity index (χ2n) is 7.77. The summed E-state index contributed by atoms with van der Waals surface area (Å²) in [4.78, 5) is 32.7. The number of nitrogens with one attached hydrogen (secondary N) is 1. The Hall–Kier alpha value is -1.78. The molecule has 4 N–H and O–H groups in total. The fourth-order valence-electron chi connectivity index (χ4n) is 4.06. The van der Waals surface area contributed by atoms with Gasteiger partial charge in [-0.2, -0.15) is 4.98 Å². The molecule has 0 radical (unpaired) electrons. The Morgan fingerprint density at radius 2 is 2.17 bits per heavy atom. The Bertz CT molecular complexity index is 971. The van der Waals surface area contributed by atoms with Crippen LogP contribution in [0.1, 0.15) is 51.7 Å². The average Bonchev–Trinajstić information content (AvgIpc) is 3.24. The number of fused-ring (bicyclic) bond motifs is 1. The lowest BCUT2D eigenvalue weighted by Crippen LogP contribution is -2.19. The number of rotatable bonds is 6. The van der Waals surface area contributed by atoms with Gasteiger partial charge in [-0.05, 0) is 19.3 Å². The molecule has 2 aromatic rings. The third-order valence-electron chi connectivity index (χ3n) is 5.44. The Kier molecular flexibility index (Phi) is 5.76. The fourth-order valence-corrected chi connectivity index (χ4v) is 5.06.